The van der Waals surface area contributed by atoms with Crippen molar-refractivity contribution in [1.29, 1.82) is 5.26 Å². The molecule has 3 rings (SSSR count). The molecule has 3 aromatic rings. The number of Topliss-reactive ketones (excluding diaryl/α,β-unsaturated/α-hetero) is 1. The highest BCUT2D eigenvalue weighted by Gasteiger charge is 2.15. The average Bonchev–Trinajstić information content (AvgIpc) is 3.05. The molecule has 124 valence electrons. The van der Waals surface area contributed by atoms with Crippen molar-refractivity contribution in [2.45, 2.75) is 11.9 Å². The Bertz CT molecular complexity index is 999. The molecular formula is C17H14N6OS. The second kappa shape index (κ2) is 7.15. The van der Waals surface area contributed by atoms with Gasteiger partial charge >= 0.3 is 0 Å². The van der Waals surface area contributed by atoms with Crippen LogP contribution in [0.4, 0.5) is 0 Å². The summed E-state index contributed by atoms with van der Waals surface area (Å²) in [4.78, 5) is 20.6. The third kappa shape index (κ3) is 3.36. The molecule has 0 saturated carbocycles. The van der Waals surface area contributed by atoms with Crippen molar-refractivity contribution in [2.75, 3.05) is 5.75 Å². The standard InChI is InChI=1S/C17H14N6OS/c1-11(19)13(7-18)15(24)9-25-17-14-8-22-23(16(14)20-10-21-17)12-5-3-2-4-6-12/h2-6,8,10H,9,19H2,1H3. The molecule has 0 fully saturated rings. The van der Waals surface area contributed by atoms with Crippen LogP contribution < -0.4 is 5.73 Å². The SMILES string of the molecule is CC(N)=C(C#N)C(=O)CSc1ncnc2c1cnn2-c1ccccc1. The van der Waals surface area contributed by atoms with Crippen LogP contribution >= 0.6 is 11.8 Å². The van der Waals surface area contributed by atoms with Gasteiger partial charge in [-0.15, -0.1) is 0 Å². The Morgan fingerprint density at radius 3 is 2.76 bits per heavy atom. The smallest absolute Gasteiger partial charge is 0.185 e. The number of benzene rings is 1. The van der Waals surface area contributed by atoms with Crippen molar-refractivity contribution < 1.29 is 4.79 Å². The molecule has 7 nitrogen and oxygen atoms in total. The second-order valence-corrected chi connectivity index (χ2v) is 6.15. The van der Waals surface area contributed by atoms with Gasteiger partial charge in [0.05, 0.1) is 23.0 Å². The van der Waals surface area contributed by atoms with E-state index in [4.69, 9.17) is 11.0 Å². The van der Waals surface area contributed by atoms with E-state index in [-0.39, 0.29) is 22.8 Å². The van der Waals surface area contributed by atoms with Crippen LogP contribution in [-0.4, -0.2) is 31.3 Å². The number of nitrogens with two attached hydrogens (primary N) is 1. The third-order valence-corrected chi connectivity index (χ3v) is 4.46. The highest BCUT2D eigenvalue weighted by atomic mass is 32.2. The minimum Gasteiger partial charge on any atom is -0.401 e. The molecule has 0 atom stereocenters. The molecule has 25 heavy (non-hydrogen) atoms. The van der Waals surface area contributed by atoms with Crippen molar-refractivity contribution in [3.05, 3.63) is 54.1 Å². The van der Waals surface area contributed by atoms with E-state index < -0.39 is 0 Å². The number of carbonyl (C=O) groups is 1. The number of thioether (sulfide) groups is 1. The van der Waals surface area contributed by atoms with Gasteiger partial charge in [-0.05, 0) is 19.1 Å². The lowest BCUT2D eigenvalue weighted by Crippen LogP contribution is -2.10. The van der Waals surface area contributed by atoms with Crippen LogP contribution in [0.25, 0.3) is 16.7 Å². The summed E-state index contributed by atoms with van der Waals surface area (Å²) in [6.45, 7) is 1.54. The lowest BCUT2D eigenvalue weighted by atomic mass is 10.2. The highest BCUT2D eigenvalue weighted by molar-refractivity contribution is 8.00. The molecule has 0 saturated heterocycles. The molecule has 1 aromatic carbocycles. The molecule has 2 aromatic heterocycles. The summed E-state index contributed by atoms with van der Waals surface area (Å²) in [6, 6.07) is 11.5. The number of para-hydroxylation sites is 1. The summed E-state index contributed by atoms with van der Waals surface area (Å²) in [5.41, 5.74) is 7.31. The third-order valence-electron chi connectivity index (χ3n) is 3.45. The molecule has 0 spiro atoms. The number of allylic oxidation sites excluding steroid dienone is 2. The Hall–Kier alpha value is -3.18. The quantitative estimate of drug-likeness (QED) is 0.325. The Balaban J connectivity index is 1.89. The Morgan fingerprint density at radius 2 is 2.08 bits per heavy atom. The summed E-state index contributed by atoms with van der Waals surface area (Å²) in [5.74, 6) is -0.255. The number of ketones is 1. The van der Waals surface area contributed by atoms with E-state index in [0.29, 0.717) is 10.7 Å². The largest absolute Gasteiger partial charge is 0.401 e. The first-order valence-electron chi connectivity index (χ1n) is 7.38. The van der Waals surface area contributed by atoms with Gasteiger partial charge in [0.1, 0.15) is 23.0 Å². The van der Waals surface area contributed by atoms with Crippen molar-refractivity contribution in [2.24, 2.45) is 5.73 Å². The van der Waals surface area contributed by atoms with Crippen molar-refractivity contribution in [1.82, 2.24) is 19.7 Å². The minimum atomic E-state index is -0.324. The number of rotatable bonds is 5. The predicted molar refractivity (Wildman–Crippen MR) is 94.9 cm³/mol. The van der Waals surface area contributed by atoms with E-state index in [1.807, 2.05) is 36.4 Å². The summed E-state index contributed by atoms with van der Waals surface area (Å²) in [5, 5.41) is 14.8. The minimum absolute atomic E-state index is 0.0159. The van der Waals surface area contributed by atoms with Crippen molar-refractivity contribution >= 4 is 28.6 Å². The van der Waals surface area contributed by atoms with Crippen LogP contribution in [-0.2, 0) is 4.79 Å². The van der Waals surface area contributed by atoms with Gasteiger partial charge in [-0.1, -0.05) is 30.0 Å². The van der Waals surface area contributed by atoms with E-state index in [1.54, 1.807) is 10.9 Å². The van der Waals surface area contributed by atoms with Crippen LogP contribution in [0.3, 0.4) is 0 Å². The van der Waals surface area contributed by atoms with Crippen LogP contribution in [0.5, 0.6) is 0 Å². The van der Waals surface area contributed by atoms with Gasteiger partial charge in [0.15, 0.2) is 11.4 Å². The van der Waals surface area contributed by atoms with Gasteiger partial charge in [0, 0.05) is 5.70 Å². The molecule has 0 bridgehead atoms. The van der Waals surface area contributed by atoms with Gasteiger partial charge in [-0.3, -0.25) is 4.79 Å². The van der Waals surface area contributed by atoms with Crippen LogP contribution in [0.15, 0.2) is 59.2 Å². The summed E-state index contributed by atoms with van der Waals surface area (Å²) in [6.07, 6.45) is 3.11. The molecule has 0 aliphatic carbocycles. The van der Waals surface area contributed by atoms with Crippen molar-refractivity contribution in [3.8, 4) is 11.8 Å². The zero-order chi connectivity index (χ0) is 17.8. The highest BCUT2D eigenvalue weighted by Crippen LogP contribution is 2.26. The Labute approximate surface area is 148 Å². The molecule has 0 radical (unpaired) electrons. The van der Waals surface area contributed by atoms with Gasteiger partial charge in [-0.25, -0.2) is 14.6 Å². The lowest BCUT2D eigenvalue weighted by Gasteiger charge is -2.04. The lowest BCUT2D eigenvalue weighted by molar-refractivity contribution is -0.112. The van der Waals surface area contributed by atoms with E-state index in [0.717, 1.165) is 11.1 Å². The number of fused-ring (bicyclic) bond motifs is 1. The molecule has 0 unspecified atom stereocenters. The maximum Gasteiger partial charge on any atom is 0.185 e. The summed E-state index contributed by atoms with van der Waals surface area (Å²) >= 11 is 1.23. The van der Waals surface area contributed by atoms with Gasteiger partial charge < -0.3 is 5.73 Å². The number of hydrogen-bond acceptors (Lipinski definition) is 7. The maximum absolute atomic E-state index is 12.1. The molecular weight excluding hydrogens is 336 g/mol. The second-order valence-electron chi connectivity index (χ2n) is 5.19. The van der Waals surface area contributed by atoms with Gasteiger partial charge in [-0.2, -0.15) is 10.4 Å². The van der Waals surface area contributed by atoms with E-state index in [9.17, 15) is 4.79 Å². The summed E-state index contributed by atoms with van der Waals surface area (Å²) in [7, 11) is 0. The molecule has 0 aliphatic rings. The first-order chi connectivity index (χ1) is 12.1. The first-order valence-corrected chi connectivity index (χ1v) is 8.37. The zero-order valence-corrected chi connectivity index (χ0v) is 14.2. The van der Waals surface area contributed by atoms with E-state index in [1.165, 1.54) is 25.0 Å². The van der Waals surface area contributed by atoms with Gasteiger partial charge in [0.2, 0.25) is 0 Å². The van der Waals surface area contributed by atoms with E-state index >= 15 is 0 Å². The number of hydrogen-bond donors (Lipinski definition) is 1. The predicted octanol–water partition coefficient (Wildman–Crippen LogP) is 2.23. The van der Waals surface area contributed by atoms with Crippen LogP contribution in [0, 0.1) is 11.3 Å². The monoisotopic (exact) mass is 350 g/mol. The number of carbonyl (C=O) groups excluding carboxylic acids is 1. The van der Waals surface area contributed by atoms with Gasteiger partial charge in [0.25, 0.3) is 0 Å². The number of nitrogens with zero attached hydrogens (tertiary/aromatic N) is 5. The molecule has 0 amide bonds. The van der Waals surface area contributed by atoms with Crippen molar-refractivity contribution in [3.63, 3.8) is 0 Å². The normalized spacial score (nSPS) is 11.8. The molecule has 8 heteroatoms. The first kappa shape index (κ1) is 16.7. The topological polar surface area (TPSA) is 110 Å². The number of aromatic nitrogens is 4. The average molecular weight is 350 g/mol. The number of nitriles is 1. The Kier molecular flexibility index (Phi) is 4.77. The zero-order valence-electron chi connectivity index (χ0n) is 13.4. The molecule has 0 aliphatic heterocycles. The fourth-order valence-electron chi connectivity index (χ4n) is 2.27. The van der Waals surface area contributed by atoms with Crippen LogP contribution in [0.2, 0.25) is 0 Å². The maximum atomic E-state index is 12.1. The summed E-state index contributed by atoms with van der Waals surface area (Å²) < 4.78 is 1.72. The Morgan fingerprint density at radius 1 is 1.32 bits per heavy atom. The molecule has 2 heterocycles. The molecule has 2 N–H and O–H groups in total. The van der Waals surface area contributed by atoms with Crippen LogP contribution in [0.1, 0.15) is 6.92 Å². The fourth-order valence-corrected chi connectivity index (χ4v) is 3.11. The fraction of sp³-hybridized carbons (Fsp3) is 0.118. The van der Waals surface area contributed by atoms with E-state index in [2.05, 4.69) is 15.1 Å².